The van der Waals surface area contributed by atoms with E-state index in [1.165, 1.54) is 37.8 Å². The molecule has 2 aromatic rings. The fraction of sp³-hybridized carbons (Fsp3) is 0.542. The van der Waals surface area contributed by atoms with Gasteiger partial charge in [-0.15, -0.1) is 0 Å². The molecule has 1 N–H and O–H groups in total. The zero-order valence-electron chi connectivity index (χ0n) is 18.2. The second-order valence-electron chi connectivity index (χ2n) is 7.99. The van der Waals surface area contributed by atoms with Gasteiger partial charge >= 0.3 is 0 Å². The number of methoxy groups -OCH3 is 2. The predicted molar refractivity (Wildman–Crippen MR) is 116 cm³/mol. The molecule has 1 heterocycles. The molecule has 1 aromatic heterocycles. The van der Waals surface area contributed by atoms with Gasteiger partial charge in [0.25, 0.3) is 0 Å². The first-order valence-corrected chi connectivity index (χ1v) is 10.7. The molecule has 1 saturated carbocycles. The summed E-state index contributed by atoms with van der Waals surface area (Å²) in [6, 6.07) is 8.56. The van der Waals surface area contributed by atoms with E-state index < -0.39 is 0 Å². The summed E-state index contributed by atoms with van der Waals surface area (Å²) in [6.45, 7) is 5.33. The van der Waals surface area contributed by atoms with Gasteiger partial charge in [0, 0.05) is 23.0 Å². The minimum atomic E-state index is 0.174. The highest BCUT2D eigenvalue weighted by Gasteiger charge is 2.22. The first kappa shape index (κ1) is 21.4. The Balaban J connectivity index is 1.55. The van der Waals surface area contributed by atoms with Crippen molar-refractivity contribution in [3.63, 3.8) is 0 Å². The van der Waals surface area contributed by atoms with Gasteiger partial charge in [-0.2, -0.15) is 0 Å². The van der Waals surface area contributed by atoms with Gasteiger partial charge in [-0.1, -0.05) is 25.3 Å². The maximum Gasteiger partial charge on any atom is 0.178 e. The number of carbonyl (C=O) groups excluding carboxylic acids is 1. The molecule has 3 rings (SSSR count). The van der Waals surface area contributed by atoms with Crippen molar-refractivity contribution in [2.75, 3.05) is 27.3 Å². The number of aryl methyl sites for hydroxylation is 1. The van der Waals surface area contributed by atoms with Crippen molar-refractivity contribution in [3.05, 3.63) is 46.8 Å². The summed E-state index contributed by atoms with van der Waals surface area (Å²) in [4.78, 5) is 12.8. The molecule has 29 heavy (non-hydrogen) atoms. The number of ether oxygens (including phenoxy) is 2. The van der Waals surface area contributed by atoms with Crippen LogP contribution in [0.3, 0.4) is 0 Å². The molecule has 1 aromatic carbocycles. The van der Waals surface area contributed by atoms with Crippen molar-refractivity contribution in [1.29, 1.82) is 0 Å². The van der Waals surface area contributed by atoms with Crippen molar-refractivity contribution < 1.29 is 14.3 Å². The molecule has 0 spiro atoms. The summed E-state index contributed by atoms with van der Waals surface area (Å²) in [7, 11) is 3.28. The highest BCUT2D eigenvalue weighted by atomic mass is 16.5. The smallest absolute Gasteiger partial charge is 0.178 e. The Morgan fingerprint density at radius 3 is 2.48 bits per heavy atom. The minimum absolute atomic E-state index is 0.174. The lowest BCUT2D eigenvalue weighted by atomic mass is 9.95. The maximum atomic E-state index is 12.8. The number of rotatable bonds is 9. The number of nitrogens with one attached hydrogen (secondary N) is 1. The molecular weight excluding hydrogens is 364 g/mol. The summed E-state index contributed by atoms with van der Waals surface area (Å²) >= 11 is 0. The van der Waals surface area contributed by atoms with Crippen LogP contribution in [0.5, 0.6) is 11.5 Å². The van der Waals surface area contributed by atoms with Gasteiger partial charge in [-0.25, -0.2) is 0 Å². The molecular formula is C24H34N2O3. The molecule has 0 atom stereocenters. The van der Waals surface area contributed by atoms with Gasteiger partial charge in [0.2, 0.25) is 0 Å². The fourth-order valence-electron chi connectivity index (χ4n) is 4.53. The van der Waals surface area contributed by atoms with E-state index in [1.54, 1.807) is 14.2 Å². The van der Waals surface area contributed by atoms with Gasteiger partial charge in [-0.05, 0) is 63.4 Å². The third kappa shape index (κ3) is 5.02. The lowest BCUT2D eigenvalue weighted by Gasteiger charge is -2.26. The molecule has 5 nitrogen and oxygen atoms in total. The van der Waals surface area contributed by atoms with Gasteiger partial charge in [0.1, 0.15) is 0 Å². The zero-order valence-corrected chi connectivity index (χ0v) is 18.2. The van der Waals surface area contributed by atoms with Gasteiger partial charge in [-0.3, -0.25) is 4.79 Å². The monoisotopic (exact) mass is 398 g/mol. The quantitative estimate of drug-likeness (QED) is 0.494. The third-order valence-electron chi connectivity index (χ3n) is 6.05. The van der Waals surface area contributed by atoms with Crippen LogP contribution in [0, 0.1) is 13.8 Å². The minimum Gasteiger partial charge on any atom is -0.493 e. The van der Waals surface area contributed by atoms with E-state index in [1.807, 2.05) is 18.2 Å². The average molecular weight is 399 g/mol. The molecule has 0 aliphatic heterocycles. The molecule has 0 bridgehead atoms. The fourth-order valence-corrected chi connectivity index (χ4v) is 4.53. The largest absolute Gasteiger partial charge is 0.493 e. The maximum absolute atomic E-state index is 12.8. The molecule has 158 valence electrons. The standard InChI is InChI=1S/C24H34N2O3/c1-17-14-21(18(2)26(17)20-8-6-5-7-9-20)22(27)16-25-13-12-19-10-11-23(28-3)24(15-19)29-4/h10-11,14-15,20,25H,5-9,12-13,16H2,1-4H3. The van der Waals surface area contributed by atoms with E-state index in [9.17, 15) is 4.79 Å². The molecule has 1 aliphatic carbocycles. The summed E-state index contributed by atoms with van der Waals surface area (Å²) in [5, 5.41) is 3.30. The molecule has 0 amide bonds. The summed E-state index contributed by atoms with van der Waals surface area (Å²) in [5.74, 6) is 1.64. The number of Topliss-reactive ketones (excluding diaryl/α,β-unsaturated/α-hetero) is 1. The van der Waals surface area contributed by atoms with Crippen LogP contribution in [0.25, 0.3) is 0 Å². The molecule has 0 unspecified atom stereocenters. The first-order valence-electron chi connectivity index (χ1n) is 10.7. The summed E-state index contributed by atoms with van der Waals surface area (Å²) in [5.41, 5.74) is 4.36. The highest BCUT2D eigenvalue weighted by molar-refractivity contribution is 5.99. The van der Waals surface area contributed by atoms with Gasteiger partial charge in [0.05, 0.1) is 20.8 Å². The number of nitrogens with zero attached hydrogens (tertiary/aromatic N) is 1. The molecule has 5 heteroatoms. The molecule has 1 fully saturated rings. The second-order valence-corrected chi connectivity index (χ2v) is 7.99. The Hall–Kier alpha value is -2.27. The lowest BCUT2D eigenvalue weighted by molar-refractivity contribution is 0.0990. The van der Waals surface area contributed by atoms with Crippen LogP contribution in [-0.4, -0.2) is 37.7 Å². The lowest BCUT2D eigenvalue weighted by Crippen LogP contribution is -2.25. The number of hydrogen-bond acceptors (Lipinski definition) is 4. The normalized spacial score (nSPS) is 14.8. The van der Waals surface area contributed by atoms with E-state index in [0.717, 1.165) is 41.3 Å². The Morgan fingerprint density at radius 1 is 1.07 bits per heavy atom. The van der Waals surface area contributed by atoms with E-state index in [-0.39, 0.29) is 5.78 Å². The SMILES string of the molecule is COc1ccc(CCNCC(=O)c2cc(C)n(C3CCCCC3)c2C)cc1OC. The predicted octanol–water partition coefficient (Wildman–Crippen LogP) is 4.64. The topological polar surface area (TPSA) is 52.5 Å². The van der Waals surface area contributed by atoms with Crippen LogP contribution in [0.1, 0.15) is 65.5 Å². The highest BCUT2D eigenvalue weighted by Crippen LogP contribution is 2.32. The Kier molecular flexibility index (Phi) is 7.37. The van der Waals surface area contributed by atoms with Crippen molar-refractivity contribution in [2.24, 2.45) is 0 Å². The van der Waals surface area contributed by atoms with Crippen LogP contribution in [-0.2, 0) is 6.42 Å². The Morgan fingerprint density at radius 2 is 1.79 bits per heavy atom. The van der Waals surface area contributed by atoms with Crippen molar-refractivity contribution in [1.82, 2.24) is 9.88 Å². The Bertz CT molecular complexity index is 835. The number of benzene rings is 1. The van der Waals surface area contributed by atoms with E-state index in [0.29, 0.717) is 12.6 Å². The molecule has 0 radical (unpaired) electrons. The van der Waals surface area contributed by atoms with Crippen LogP contribution in [0.15, 0.2) is 24.3 Å². The summed E-state index contributed by atoms with van der Waals surface area (Å²) < 4.78 is 13.0. The second kappa shape index (κ2) is 9.97. The Labute approximate surface area is 174 Å². The van der Waals surface area contributed by atoms with E-state index in [4.69, 9.17) is 9.47 Å². The first-order chi connectivity index (χ1) is 14.0. The summed E-state index contributed by atoms with van der Waals surface area (Å²) in [6.07, 6.45) is 7.22. The molecule has 0 saturated heterocycles. The van der Waals surface area contributed by atoms with Crippen LogP contribution in [0.2, 0.25) is 0 Å². The third-order valence-corrected chi connectivity index (χ3v) is 6.05. The van der Waals surface area contributed by atoms with Crippen LogP contribution >= 0.6 is 0 Å². The van der Waals surface area contributed by atoms with E-state index >= 15 is 0 Å². The van der Waals surface area contributed by atoms with Gasteiger partial charge in [0.15, 0.2) is 17.3 Å². The number of aromatic nitrogens is 1. The average Bonchev–Trinajstić information content (AvgIpc) is 3.05. The van der Waals surface area contributed by atoms with Crippen LogP contribution < -0.4 is 14.8 Å². The molecule has 1 aliphatic rings. The van der Waals surface area contributed by atoms with Crippen LogP contribution in [0.4, 0.5) is 0 Å². The van der Waals surface area contributed by atoms with Crippen molar-refractivity contribution in [3.8, 4) is 11.5 Å². The van der Waals surface area contributed by atoms with E-state index in [2.05, 4.69) is 29.8 Å². The number of carbonyl (C=O) groups is 1. The van der Waals surface area contributed by atoms with Crippen molar-refractivity contribution in [2.45, 2.75) is 58.4 Å². The number of ketones is 1. The van der Waals surface area contributed by atoms with Crippen molar-refractivity contribution >= 4 is 5.78 Å². The number of hydrogen-bond donors (Lipinski definition) is 1. The zero-order chi connectivity index (χ0) is 20.8. The van der Waals surface area contributed by atoms with Gasteiger partial charge < -0.3 is 19.4 Å².